The molecule has 1 rings (SSSR count). The van der Waals surface area contributed by atoms with Gasteiger partial charge in [-0.25, -0.2) is 0 Å². The van der Waals surface area contributed by atoms with Gasteiger partial charge in [-0.05, 0) is 25.2 Å². The molecule has 76 valence electrons. The van der Waals surface area contributed by atoms with Gasteiger partial charge < -0.3 is 4.90 Å². The van der Waals surface area contributed by atoms with Crippen LogP contribution < -0.4 is 0 Å². The Labute approximate surface area is 81.3 Å². The van der Waals surface area contributed by atoms with E-state index in [1.54, 1.807) is 0 Å². The van der Waals surface area contributed by atoms with Crippen molar-refractivity contribution in [2.24, 2.45) is 5.92 Å². The normalized spacial score (nSPS) is 19.1. The second kappa shape index (κ2) is 5.25. The third-order valence-electron chi connectivity index (χ3n) is 3.01. The van der Waals surface area contributed by atoms with E-state index in [1.165, 1.54) is 19.3 Å². The lowest BCUT2D eigenvalue weighted by Crippen LogP contribution is -2.38. The number of hydrogen-bond donors (Lipinski definition) is 0. The van der Waals surface area contributed by atoms with Crippen molar-refractivity contribution >= 4 is 5.91 Å². The van der Waals surface area contributed by atoms with E-state index in [0.717, 1.165) is 31.8 Å². The van der Waals surface area contributed by atoms with Crippen LogP contribution in [-0.4, -0.2) is 23.9 Å². The first-order valence-corrected chi connectivity index (χ1v) is 5.55. The molecule has 1 aliphatic heterocycles. The lowest BCUT2D eigenvalue weighted by atomic mass is 9.94. The second-order valence-electron chi connectivity index (χ2n) is 3.98. The maximum Gasteiger partial charge on any atom is 0.222 e. The van der Waals surface area contributed by atoms with Crippen LogP contribution in [0, 0.1) is 5.92 Å². The van der Waals surface area contributed by atoms with Crippen LogP contribution in [0.5, 0.6) is 0 Å². The molecule has 0 atom stereocenters. The van der Waals surface area contributed by atoms with E-state index >= 15 is 0 Å². The molecule has 0 saturated carbocycles. The number of piperidine rings is 1. The zero-order chi connectivity index (χ0) is 9.68. The van der Waals surface area contributed by atoms with Gasteiger partial charge in [-0.1, -0.05) is 20.3 Å². The number of nitrogens with zero attached hydrogens (tertiary/aromatic N) is 1. The van der Waals surface area contributed by atoms with Gasteiger partial charge in [-0.2, -0.15) is 0 Å². The van der Waals surface area contributed by atoms with Gasteiger partial charge in [-0.3, -0.25) is 4.79 Å². The van der Waals surface area contributed by atoms with E-state index in [4.69, 9.17) is 0 Å². The van der Waals surface area contributed by atoms with Crippen molar-refractivity contribution in [1.29, 1.82) is 0 Å². The van der Waals surface area contributed by atoms with Crippen molar-refractivity contribution in [3.8, 4) is 0 Å². The van der Waals surface area contributed by atoms with E-state index in [9.17, 15) is 4.79 Å². The Balaban J connectivity index is 2.28. The molecule has 0 aromatic rings. The maximum atomic E-state index is 11.5. The molecule has 0 spiro atoms. The highest BCUT2D eigenvalue weighted by Gasteiger charge is 2.20. The monoisotopic (exact) mass is 183 g/mol. The van der Waals surface area contributed by atoms with Gasteiger partial charge in [-0.15, -0.1) is 0 Å². The number of amides is 1. The Kier molecular flexibility index (Phi) is 4.26. The Bertz CT molecular complexity index is 159. The summed E-state index contributed by atoms with van der Waals surface area (Å²) in [5.41, 5.74) is 0. The van der Waals surface area contributed by atoms with Crippen LogP contribution >= 0.6 is 0 Å². The summed E-state index contributed by atoms with van der Waals surface area (Å²) in [5.74, 6) is 1.22. The lowest BCUT2D eigenvalue weighted by molar-refractivity contribution is -0.132. The molecule has 1 fully saturated rings. The highest BCUT2D eigenvalue weighted by atomic mass is 16.2. The zero-order valence-electron chi connectivity index (χ0n) is 8.88. The predicted octanol–water partition coefficient (Wildman–Crippen LogP) is 2.44. The number of rotatable bonds is 3. The maximum absolute atomic E-state index is 11.5. The van der Waals surface area contributed by atoms with Crippen molar-refractivity contribution in [3.63, 3.8) is 0 Å². The minimum absolute atomic E-state index is 0.358. The molecule has 0 aromatic carbocycles. The first-order valence-electron chi connectivity index (χ1n) is 5.55. The lowest BCUT2D eigenvalue weighted by Gasteiger charge is -2.31. The fraction of sp³-hybridized carbons (Fsp3) is 0.909. The van der Waals surface area contributed by atoms with Gasteiger partial charge in [0.25, 0.3) is 0 Å². The number of likely N-dealkylation sites (tertiary alicyclic amines) is 1. The number of hydrogen-bond acceptors (Lipinski definition) is 1. The molecule has 1 heterocycles. The summed E-state index contributed by atoms with van der Waals surface area (Å²) in [4.78, 5) is 13.6. The highest BCUT2D eigenvalue weighted by Crippen LogP contribution is 2.20. The number of carbonyl (C=O) groups excluding carboxylic acids is 1. The summed E-state index contributed by atoms with van der Waals surface area (Å²) in [6, 6.07) is 0. The van der Waals surface area contributed by atoms with Crippen LogP contribution in [0.15, 0.2) is 0 Å². The Morgan fingerprint density at radius 2 is 1.92 bits per heavy atom. The average molecular weight is 183 g/mol. The van der Waals surface area contributed by atoms with Crippen LogP contribution in [0.25, 0.3) is 0 Å². The largest absolute Gasteiger partial charge is 0.343 e. The summed E-state index contributed by atoms with van der Waals surface area (Å²) in [5, 5.41) is 0. The molecule has 0 aliphatic carbocycles. The molecule has 0 radical (unpaired) electrons. The Morgan fingerprint density at radius 3 is 2.38 bits per heavy atom. The standard InChI is InChI=1S/C11H21NO/c1-3-5-11(13)12-8-6-10(4-2)7-9-12/h10H,3-9H2,1-2H3. The molecule has 2 nitrogen and oxygen atoms in total. The van der Waals surface area contributed by atoms with Crippen LogP contribution in [0.3, 0.4) is 0 Å². The Hall–Kier alpha value is -0.530. The van der Waals surface area contributed by atoms with Crippen LogP contribution in [0.2, 0.25) is 0 Å². The number of carbonyl (C=O) groups is 1. The van der Waals surface area contributed by atoms with Crippen molar-refractivity contribution in [3.05, 3.63) is 0 Å². The van der Waals surface area contributed by atoms with Gasteiger partial charge in [0.1, 0.15) is 0 Å². The summed E-state index contributed by atoms with van der Waals surface area (Å²) in [7, 11) is 0. The molecule has 2 heteroatoms. The van der Waals surface area contributed by atoms with Crippen molar-refractivity contribution in [2.45, 2.75) is 46.0 Å². The first kappa shape index (κ1) is 10.6. The van der Waals surface area contributed by atoms with Gasteiger partial charge in [0.2, 0.25) is 5.91 Å². The van der Waals surface area contributed by atoms with Crippen LogP contribution in [0.1, 0.15) is 46.0 Å². The van der Waals surface area contributed by atoms with E-state index in [0.29, 0.717) is 5.91 Å². The summed E-state index contributed by atoms with van der Waals surface area (Å²) >= 11 is 0. The van der Waals surface area contributed by atoms with E-state index in [1.807, 2.05) is 4.90 Å². The molecule has 0 N–H and O–H groups in total. The molecule has 1 saturated heterocycles. The van der Waals surface area contributed by atoms with E-state index in [-0.39, 0.29) is 0 Å². The minimum atomic E-state index is 0.358. The summed E-state index contributed by atoms with van der Waals surface area (Å²) in [6.45, 7) is 6.31. The SMILES string of the molecule is CCCC(=O)N1CCC(CC)CC1. The third-order valence-corrected chi connectivity index (χ3v) is 3.01. The van der Waals surface area contributed by atoms with Crippen molar-refractivity contribution in [2.75, 3.05) is 13.1 Å². The fourth-order valence-electron chi connectivity index (χ4n) is 1.96. The molecule has 0 unspecified atom stereocenters. The van der Waals surface area contributed by atoms with Gasteiger partial charge in [0, 0.05) is 19.5 Å². The van der Waals surface area contributed by atoms with Crippen molar-refractivity contribution < 1.29 is 4.79 Å². The van der Waals surface area contributed by atoms with Gasteiger partial charge in [0.15, 0.2) is 0 Å². The van der Waals surface area contributed by atoms with Gasteiger partial charge in [0.05, 0.1) is 0 Å². The molecule has 13 heavy (non-hydrogen) atoms. The molecular weight excluding hydrogens is 162 g/mol. The average Bonchev–Trinajstić information content (AvgIpc) is 2.18. The summed E-state index contributed by atoms with van der Waals surface area (Å²) < 4.78 is 0. The van der Waals surface area contributed by atoms with E-state index < -0.39 is 0 Å². The van der Waals surface area contributed by atoms with E-state index in [2.05, 4.69) is 13.8 Å². The first-order chi connectivity index (χ1) is 6.27. The summed E-state index contributed by atoms with van der Waals surface area (Å²) in [6.07, 6.45) is 5.41. The van der Waals surface area contributed by atoms with Crippen LogP contribution in [0.4, 0.5) is 0 Å². The second-order valence-corrected chi connectivity index (χ2v) is 3.98. The topological polar surface area (TPSA) is 20.3 Å². The highest BCUT2D eigenvalue weighted by molar-refractivity contribution is 5.76. The molecule has 0 bridgehead atoms. The van der Waals surface area contributed by atoms with Gasteiger partial charge >= 0.3 is 0 Å². The molecule has 0 aromatic heterocycles. The quantitative estimate of drug-likeness (QED) is 0.658. The third kappa shape index (κ3) is 3.02. The minimum Gasteiger partial charge on any atom is -0.343 e. The molecule has 1 aliphatic rings. The molecular formula is C11H21NO. The zero-order valence-corrected chi connectivity index (χ0v) is 8.88. The van der Waals surface area contributed by atoms with Crippen molar-refractivity contribution in [1.82, 2.24) is 4.90 Å². The predicted molar refractivity (Wildman–Crippen MR) is 54.5 cm³/mol. The molecule has 1 amide bonds. The fourth-order valence-corrected chi connectivity index (χ4v) is 1.96. The Morgan fingerprint density at radius 1 is 1.31 bits per heavy atom. The van der Waals surface area contributed by atoms with Crippen LogP contribution in [-0.2, 0) is 4.79 Å². The smallest absolute Gasteiger partial charge is 0.222 e.